The van der Waals surface area contributed by atoms with Crippen LogP contribution in [0.1, 0.15) is 81.9 Å². The molecule has 0 N–H and O–H groups in total. The predicted octanol–water partition coefficient (Wildman–Crippen LogP) is 4.25. The number of carbonyl (C=O) groups excluding carboxylic acids is 2. The van der Waals surface area contributed by atoms with Gasteiger partial charge in [0.2, 0.25) is 0 Å². The Kier molecular flexibility index (Phi) is 4.62. The number of fused-ring (bicyclic) bond motifs is 1. The van der Waals surface area contributed by atoms with E-state index in [0.717, 1.165) is 12.8 Å². The zero-order valence-corrected chi connectivity index (χ0v) is 19.6. The first-order valence-corrected chi connectivity index (χ1v) is 11.5. The zero-order valence-electron chi connectivity index (χ0n) is 20.6. The first kappa shape index (κ1) is 20.7. The Morgan fingerprint density at radius 1 is 1.10 bits per heavy atom. The molecule has 2 spiro atoms. The van der Waals surface area contributed by atoms with Crippen molar-refractivity contribution in [2.24, 2.45) is 28.1 Å². The molecule has 4 fully saturated rings. The molecular weight excluding hydrogens is 384 g/mol. The molecule has 6 heteroatoms. The maximum absolute atomic E-state index is 13.1. The molecule has 1 aliphatic heterocycles. The molecule has 4 rings (SSSR count). The van der Waals surface area contributed by atoms with E-state index in [0.29, 0.717) is 12.3 Å². The van der Waals surface area contributed by atoms with Gasteiger partial charge in [-0.2, -0.15) is 0 Å². The number of ether oxygens (including phenoxy) is 4. The van der Waals surface area contributed by atoms with Gasteiger partial charge in [-0.05, 0) is 64.7 Å². The largest absolute Gasteiger partial charge is 0.465 e. The van der Waals surface area contributed by atoms with Crippen molar-refractivity contribution in [3.05, 3.63) is 0 Å². The van der Waals surface area contributed by atoms with Crippen molar-refractivity contribution in [1.29, 1.82) is 0 Å². The summed E-state index contributed by atoms with van der Waals surface area (Å²) in [6.07, 6.45) is 1.71. The average Bonchev–Trinajstić information content (AvgIpc) is 3.14. The van der Waals surface area contributed by atoms with E-state index in [1.54, 1.807) is 13.8 Å². The second kappa shape index (κ2) is 6.68. The lowest BCUT2D eigenvalue weighted by Gasteiger charge is -2.61. The number of hydrogen-bond acceptors (Lipinski definition) is 6. The Bertz CT molecular complexity index is 775. The summed E-state index contributed by atoms with van der Waals surface area (Å²) < 4.78 is 33.8. The van der Waals surface area contributed by atoms with Crippen molar-refractivity contribution >= 4 is 11.9 Å². The summed E-state index contributed by atoms with van der Waals surface area (Å²) in [6.45, 7) is 14.4. The maximum Gasteiger partial charge on any atom is 0.323 e. The van der Waals surface area contributed by atoms with Gasteiger partial charge in [0.25, 0.3) is 0 Å². The normalized spacial score (nSPS) is 45.1. The number of carbonyl (C=O) groups is 2. The summed E-state index contributed by atoms with van der Waals surface area (Å²) in [4.78, 5) is 26.1. The van der Waals surface area contributed by atoms with Gasteiger partial charge in [0.15, 0.2) is 11.2 Å². The van der Waals surface area contributed by atoms with Crippen LogP contribution in [0.5, 0.6) is 0 Å². The van der Waals surface area contributed by atoms with Gasteiger partial charge < -0.3 is 18.9 Å². The highest BCUT2D eigenvalue weighted by Crippen LogP contribution is 2.74. The SMILES string of the molecule is [2H][C@]12C[C@@H]3CC[C@@]1(C(C)(C)O[C@@]1(CC(C(=O)OCC)(C(=O)OCC)C[C@H]1C)O2)C3(C)C. The van der Waals surface area contributed by atoms with Crippen molar-refractivity contribution < 1.29 is 29.9 Å². The van der Waals surface area contributed by atoms with Gasteiger partial charge in [0, 0.05) is 17.8 Å². The van der Waals surface area contributed by atoms with Crippen LogP contribution in [0, 0.1) is 28.1 Å². The fourth-order valence-corrected chi connectivity index (χ4v) is 7.52. The summed E-state index contributed by atoms with van der Waals surface area (Å²) in [5, 5.41) is 0. The fraction of sp³-hybridized carbons (Fsp3) is 0.917. The van der Waals surface area contributed by atoms with Gasteiger partial charge in [-0.3, -0.25) is 9.59 Å². The van der Waals surface area contributed by atoms with E-state index in [1.807, 2.05) is 6.92 Å². The Hall–Kier alpha value is -1.14. The molecule has 0 radical (unpaired) electrons. The first-order chi connectivity index (χ1) is 14.3. The molecule has 5 atom stereocenters. The summed E-state index contributed by atoms with van der Waals surface area (Å²) in [5.41, 5.74) is -2.69. The van der Waals surface area contributed by atoms with Crippen molar-refractivity contribution in [2.75, 3.05) is 13.2 Å². The van der Waals surface area contributed by atoms with Crippen LogP contribution in [0.3, 0.4) is 0 Å². The molecule has 0 amide bonds. The highest BCUT2D eigenvalue weighted by atomic mass is 16.7. The minimum absolute atomic E-state index is 0.0179. The van der Waals surface area contributed by atoms with Gasteiger partial charge in [-0.1, -0.05) is 20.8 Å². The molecule has 170 valence electrons. The topological polar surface area (TPSA) is 71.1 Å². The molecule has 1 saturated heterocycles. The first-order valence-electron chi connectivity index (χ1n) is 12.0. The molecule has 3 saturated carbocycles. The summed E-state index contributed by atoms with van der Waals surface area (Å²) in [5.74, 6) is -2.28. The second-order valence-electron chi connectivity index (χ2n) is 10.8. The molecule has 0 unspecified atom stereocenters. The van der Waals surface area contributed by atoms with Crippen LogP contribution in [0.2, 0.25) is 0 Å². The average molecular weight is 424 g/mol. The third-order valence-corrected chi connectivity index (χ3v) is 8.93. The molecule has 6 nitrogen and oxygen atoms in total. The Morgan fingerprint density at radius 2 is 1.70 bits per heavy atom. The second-order valence-corrected chi connectivity index (χ2v) is 10.8. The molecule has 0 aromatic carbocycles. The lowest BCUT2D eigenvalue weighted by atomic mass is 9.58. The van der Waals surface area contributed by atoms with Gasteiger partial charge in [-0.25, -0.2) is 0 Å². The van der Waals surface area contributed by atoms with Crippen LogP contribution >= 0.6 is 0 Å². The molecule has 3 aliphatic carbocycles. The van der Waals surface area contributed by atoms with E-state index in [-0.39, 0.29) is 37.4 Å². The quantitative estimate of drug-likeness (QED) is 0.497. The van der Waals surface area contributed by atoms with Crippen LogP contribution in [0.25, 0.3) is 0 Å². The molecule has 30 heavy (non-hydrogen) atoms. The number of rotatable bonds is 4. The Balaban J connectivity index is 1.77. The van der Waals surface area contributed by atoms with Crippen LogP contribution in [0.4, 0.5) is 0 Å². The van der Waals surface area contributed by atoms with Crippen molar-refractivity contribution in [3.8, 4) is 0 Å². The monoisotopic (exact) mass is 423 g/mol. The Labute approximate surface area is 181 Å². The van der Waals surface area contributed by atoms with E-state index in [9.17, 15) is 11.0 Å². The summed E-state index contributed by atoms with van der Waals surface area (Å²) >= 11 is 0. The van der Waals surface area contributed by atoms with E-state index in [1.165, 1.54) is 0 Å². The van der Waals surface area contributed by atoms with Crippen molar-refractivity contribution in [1.82, 2.24) is 0 Å². The molecule has 0 aromatic heterocycles. The van der Waals surface area contributed by atoms with Crippen molar-refractivity contribution in [3.63, 3.8) is 0 Å². The smallest absolute Gasteiger partial charge is 0.323 e. The van der Waals surface area contributed by atoms with Gasteiger partial charge in [0.05, 0.1) is 26.3 Å². The molecule has 2 bridgehead atoms. The minimum Gasteiger partial charge on any atom is -0.465 e. The molecule has 1 heterocycles. The lowest BCUT2D eigenvalue weighted by molar-refractivity contribution is -0.405. The summed E-state index contributed by atoms with van der Waals surface area (Å²) in [7, 11) is 0. The van der Waals surface area contributed by atoms with Crippen LogP contribution in [0.15, 0.2) is 0 Å². The van der Waals surface area contributed by atoms with Gasteiger partial charge in [-0.15, -0.1) is 0 Å². The minimum atomic E-state index is -1.48. The van der Waals surface area contributed by atoms with E-state index < -0.39 is 40.2 Å². The lowest BCUT2D eigenvalue weighted by Crippen LogP contribution is -2.67. The van der Waals surface area contributed by atoms with Crippen LogP contribution in [-0.2, 0) is 28.5 Å². The number of esters is 2. The van der Waals surface area contributed by atoms with E-state index >= 15 is 0 Å². The standard InChI is InChI=1S/C24H38O6/c1-8-27-18(25)22(19(26)28-9-2)13-15(3)24(14-22)29-17-12-16-10-11-23(17,20(16,4)5)21(6,7)30-24/h15-17H,8-14H2,1-7H3/t15-,16+,17+,23+,24-/m1/s1/i17D. The predicted molar refractivity (Wildman–Crippen MR) is 110 cm³/mol. The van der Waals surface area contributed by atoms with E-state index in [4.69, 9.17) is 18.9 Å². The van der Waals surface area contributed by atoms with E-state index in [2.05, 4.69) is 27.7 Å². The third kappa shape index (κ3) is 2.49. The van der Waals surface area contributed by atoms with Gasteiger partial charge >= 0.3 is 11.9 Å². The molecule has 0 aromatic rings. The molecular formula is C24H38O6. The highest BCUT2D eigenvalue weighted by Gasteiger charge is 2.77. The third-order valence-electron chi connectivity index (χ3n) is 8.93. The molecule has 4 aliphatic rings. The Morgan fingerprint density at radius 3 is 2.23 bits per heavy atom. The fourth-order valence-electron chi connectivity index (χ4n) is 7.52. The highest BCUT2D eigenvalue weighted by molar-refractivity contribution is 6.00. The van der Waals surface area contributed by atoms with Crippen LogP contribution < -0.4 is 0 Å². The van der Waals surface area contributed by atoms with Gasteiger partial charge in [0.1, 0.15) is 0 Å². The van der Waals surface area contributed by atoms with Crippen LogP contribution in [-0.4, -0.2) is 42.6 Å². The maximum atomic E-state index is 13.1. The number of hydrogen-bond donors (Lipinski definition) is 0. The summed E-state index contributed by atoms with van der Waals surface area (Å²) in [6, 6.07) is 0. The zero-order chi connectivity index (χ0) is 23.1. The van der Waals surface area contributed by atoms with Crippen molar-refractivity contribution in [2.45, 2.75) is 98.0 Å².